The molecule has 0 saturated carbocycles. The zero-order chi connectivity index (χ0) is 46.7. The molecule has 66 heavy (non-hydrogen) atoms. The maximum Gasteiger partial charge on any atom is 0.411 e. The number of rotatable bonds is 17. The molecular weight excluding hydrogens is 835 g/mol. The molecule has 0 bridgehead atoms. The average molecular weight is 891 g/mol. The van der Waals surface area contributed by atoms with Crippen LogP contribution >= 0.6 is 0 Å². The van der Waals surface area contributed by atoms with Crippen molar-refractivity contribution < 1.29 is 29.3 Å². The van der Waals surface area contributed by atoms with Crippen molar-refractivity contribution in [2.24, 2.45) is 0 Å². The number of phenols is 1. The molecule has 6 aromatic rings. The second kappa shape index (κ2) is 21.7. The quantitative estimate of drug-likeness (QED) is 0.0558. The van der Waals surface area contributed by atoms with Gasteiger partial charge in [-0.3, -0.25) is 24.6 Å². The number of aromatic nitrogens is 1. The maximum absolute atomic E-state index is 13.6. The summed E-state index contributed by atoms with van der Waals surface area (Å²) in [5.41, 5.74) is 6.42. The maximum atomic E-state index is 13.6. The normalized spacial score (nSPS) is 14.1. The molecule has 2 atom stereocenters. The Balaban J connectivity index is 0.846. The van der Waals surface area contributed by atoms with Gasteiger partial charge in [-0.1, -0.05) is 92.4 Å². The number of amides is 3. The fraction of sp³-hybridized carbons (Fsp3) is 0.269. The SMILES string of the molecule is C=C(C)N(C(=O)CCN1CCC(OC(=O)Nc2ccccc2-c2ccccc2)CC1)c1ccc(C(=O)NCc2cccc(C[C@H](C)N([NH-])C[C@H](O)c3ccc(O)c4[nH]c(=O)ccc34)c2)cc1. The molecule has 1 aromatic heterocycles. The number of H-pyrrole nitrogens is 1. The molecule has 6 N–H and O–H groups in total. The molecule has 14 nitrogen and oxygen atoms in total. The van der Waals surface area contributed by atoms with Crippen molar-refractivity contribution in [1.82, 2.24) is 20.2 Å². The number of fused-ring (bicyclic) bond motifs is 1. The average Bonchev–Trinajstić information content (AvgIpc) is 3.31. The molecule has 1 saturated heterocycles. The third kappa shape index (κ3) is 12.0. The van der Waals surface area contributed by atoms with Crippen molar-refractivity contribution in [3.8, 4) is 16.9 Å². The Hall–Kier alpha value is -7.10. The van der Waals surface area contributed by atoms with Crippen LogP contribution < -0.4 is 21.1 Å². The topological polar surface area (TPSA) is 191 Å². The Labute approximate surface area is 384 Å². The summed E-state index contributed by atoms with van der Waals surface area (Å²) in [5.74, 6) is 8.18. The minimum atomic E-state index is -1.04. The van der Waals surface area contributed by atoms with Crippen LogP contribution in [-0.4, -0.2) is 81.3 Å². The van der Waals surface area contributed by atoms with Crippen LogP contribution in [0.15, 0.2) is 144 Å². The molecule has 1 aliphatic heterocycles. The van der Waals surface area contributed by atoms with Gasteiger partial charge in [0.05, 0.1) is 17.3 Å². The number of hydrogen-bond donors (Lipinski definition) is 5. The number of benzene rings is 5. The Bertz CT molecular complexity index is 2720. The number of aliphatic hydroxyl groups excluding tert-OH is 1. The van der Waals surface area contributed by atoms with Crippen molar-refractivity contribution in [1.29, 1.82) is 0 Å². The van der Waals surface area contributed by atoms with E-state index in [1.165, 1.54) is 17.1 Å². The molecular formula is C52H56N7O7-. The number of aromatic amines is 1. The van der Waals surface area contributed by atoms with Gasteiger partial charge in [0.25, 0.3) is 5.91 Å². The second-order valence-corrected chi connectivity index (χ2v) is 16.8. The van der Waals surface area contributed by atoms with Crippen LogP contribution in [0.2, 0.25) is 0 Å². The summed E-state index contributed by atoms with van der Waals surface area (Å²) in [5, 5.41) is 29.0. The summed E-state index contributed by atoms with van der Waals surface area (Å²) >= 11 is 0. The molecule has 0 spiro atoms. The van der Waals surface area contributed by atoms with Gasteiger partial charge in [0.2, 0.25) is 11.5 Å². The highest BCUT2D eigenvalue weighted by molar-refractivity contribution is 5.98. The van der Waals surface area contributed by atoms with Crippen molar-refractivity contribution >= 4 is 40.2 Å². The smallest absolute Gasteiger partial charge is 0.411 e. The van der Waals surface area contributed by atoms with Gasteiger partial charge in [-0.15, -0.1) is 0 Å². The lowest BCUT2D eigenvalue weighted by atomic mass is 10.0. The van der Waals surface area contributed by atoms with Gasteiger partial charge < -0.3 is 41.0 Å². The van der Waals surface area contributed by atoms with E-state index >= 15 is 0 Å². The highest BCUT2D eigenvalue weighted by Crippen LogP contribution is 2.31. The summed E-state index contributed by atoms with van der Waals surface area (Å²) in [6, 6.07) is 37.7. The van der Waals surface area contributed by atoms with Gasteiger partial charge in [0.15, 0.2) is 0 Å². The van der Waals surface area contributed by atoms with E-state index in [1.807, 2.05) is 85.8 Å². The number of carbonyl (C=O) groups excluding carboxylic acids is 3. The first-order valence-electron chi connectivity index (χ1n) is 22.1. The highest BCUT2D eigenvalue weighted by Gasteiger charge is 2.25. The van der Waals surface area contributed by atoms with E-state index in [0.29, 0.717) is 72.5 Å². The molecule has 0 radical (unpaired) electrons. The molecule has 5 aromatic carbocycles. The highest BCUT2D eigenvalue weighted by atomic mass is 16.6. The fourth-order valence-corrected chi connectivity index (χ4v) is 8.32. The number of likely N-dealkylation sites (tertiary alicyclic amines) is 1. The number of aliphatic hydroxyl groups is 1. The summed E-state index contributed by atoms with van der Waals surface area (Å²) in [6.07, 6.45) is 0.335. The lowest BCUT2D eigenvalue weighted by Gasteiger charge is -2.35. The third-order valence-electron chi connectivity index (χ3n) is 11.9. The van der Waals surface area contributed by atoms with Crippen LogP contribution in [0.5, 0.6) is 5.75 Å². The van der Waals surface area contributed by atoms with Gasteiger partial charge in [-0.2, -0.15) is 0 Å². The van der Waals surface area contributed by atoms with Crippen molar-refractivity contribution in [3.05, 3.63) is 178 Å². The second-order valence-electron chi connectivity index (χ2n) is 16.8. The number of ether oxygens (including phenoxy) is 1. The number of pyridine rings is 1. The molecule has 2 heterocycles. The van der Waals surface area contributed by atoms with E-state index in [9.17, 15) is 29.4 Å². The molecule has 14 heteroatoms. The minimum absolute atomic E-state index is 0.000747. The van der Waals surface area contributed by atoms with E-state index < -0.39 is 12.2 Å². The number of nitrogens with zero attached hydrogens (tertiary/aromatic N) is 3. The predicted octanol–water partition coefficient (Wildman–Crippen LogP) is 8.73. The first-order valence-corrected chi connectivity index (χ1v) is 22.1. The number of nitrogens with one attached hydrogen (secondary N) is 4. The zero-order valence-electron chi connectivity index (χ0n) is 37.2. The first kappa shape index (κ1) is 46.9. The lowest BCUT2D eigenvalue weighted by molar-refractivity contribution is -0.118. The van der Waals surface area contributed by atoms with E-state index in [1.54, 1.807) is 48.2 Å². The summed E-state index contributed by atoms with van der Waals surface area (Å²) < 4.78 is 5.79. The van der Waals surface area contributed by atoms with Crippen LogP contribution in [0.25, 0.3) is 27.9 Å². The fourth-order valence-electron chi connectivity index (χ4n) is 8.32. The predicted molar refractivity (Wildman–Crippen MR) is 258 cm³/mol. The molecule has 0 unspecified atom stereocenters. The number of piperidine rings is 1. The van der Waals surface area contributed by atoms with E-state index in [2.05, 4.69) is 27.1 Å². The largest absolute Gasteiger partial charge is 0.609 e. The molecule has 0 aliphatic carbocycles. The number of anilines is 2. The molecule has 1 aliphatic rings. The Morgan fingerprint density at radius 1 is 0.909 bits per heavy atom. The van der Waals surface area contributed by atoms with Gasteiger partial charge in [0.1, 0.15) is 11.9 Å². The Kier molecular flexibility index (Phi) is 15.4. The van der Waals surface area contributed by atoms with E-state index in [4.69, 9.17) is 10.6 Å². The van der Waals surface area contributed by atoms with Gasteiger partial charge >= 0.3 is 6.09 Å². The van der Waals surface area contributed by atoms with Crippen LogP contribution in [0.4, 0.5) is 16.2 Å². The monoisotopic (exact) mass is 890 g/mol. The number of phenolic OH excluding ortho intramolecular Hbond substituents is 1. The van der Waals surface area contributed by atoms with Gasteiger partial charge in [-0.25, -0.2) is 4.79 Å². The number of carbonyl (C=O) groups is 3. The van der Waals surface area contributed by atoms with Crippen LogP contribution in [0.3, 0.4) is 0 Å². The van der Waals surface area contributed by atoms with Crippen LogP contribution in [0, 0.1) is 0 Å². The Morgan fingerprint density at radius 2 is 1.62 bits per heavy atom. The molecule has 342 valence electrons. The number of hydrogen-bond acceptors (Lipinski definition) is 9. The standard InChI is InChI=1S/C52H56N7O7/c1-34(2)59(49(63)26-29-57-27-24-41(25-28-57)66-52(65)55-45-15-8-7-14-42(45)38-12-5-4-6-13-38)40-18-16-39(17-19-40)51(64)54-32-37-11-9-10-36(31-37)30-35(3)58(53)33-47(61)43-20-22-46(60)50-44(43)21-23-48(62)56-50/h4-23,31,35,41,47,53,60-61H,1,24-30,32-33H2,2-3H3,(H,54,64)(H,55,65)(H,56,62)/q-1/t35-,47-/m0/s1. The van der Waals surface area contributed by atoms with Crippen molar-refractivity contribution in [3.63, 3.8) is 0 Å². The molecule has 3 amide bonds. The van der Waals surface area contributed by atoms with Crippen molar-refractivity contribution in [2.75, 3.05) is 36.4 Å². The van der Waals surface area contributed by atoms with E-state index in [-0.39, 0.29) is 60.3 Å². The number of aromatic hydroxyl groups is 1. The minimum Gasteiger partial charge on any atom is -0.609 e. The van der Waals surface area contributed by atoms with Crippen molar-refractivity contribution in [2.45, 2.75) is 64.3 Å². The molecule has 7 rings (SSSR count). The van der Waals surface area contributed by atoms with Crippen LogP contribution in [0.1, 0.15) is 66.3 Å². The summed E-state index contributed by atoms with van der Waals surface area (Å²) in [7, 11) is 0. The van der Waals surface area contributed by atoms with Gasteiger partial charge in [0, 0.05) is 73.1 Å². The van der Waals surface area contributed by atoms with Gasteiger partial charge in [-0.05, 0) is 96.9 Å². The Morgan fingerprint density at radius 3 is 2.36 bits per heavy atom. The third-order valence-corrected chi connectivity index (χ3v) is 11.9. The lowest BCUT2D eigenvalue weighted by Crippen LogP contribution is -2.40. The first-order chi connectivity index (χ1) is 31.8. The summed E-state index contributed by atoms with van der Waals surface area (Å²) in [4.78, 5) is 57.8. The number of allylic oxidation sites excluding steroid dienone is 1. The summed E-state index contributed by atoms with van der Waals surface area (Å²) in [6.45, 7) is 9.91. The van der Waals surface area contributed by atoms with E-state index in [0.717, 1.165) is 22.3 Å². The zero-order valence-corrected chi connectivity index (χ0v) is 37.2. The number of para-hydroxylation sites is 1. The van der Waals surface area contributed by atoms with Crippen LogP contribution in [-0.2, 0) is 22.5 Å². The molecule has 1 fully saturated rings.